The number of aromatic nitrogens is 1. The van der Waals surface area contributed by atoms with Gasteiger partial charge in [0.15, 0.2) is 0 Å². The van der Waals surface area contributed by atoms with E-state index in [1.165, 1.54) is 0 Å². The zero-order chi connectivity index (χ0) is 21.0. The Kier molecular flexibility index (Phi) is 6.44. The van der Waals surface area contributed by atoms with Gasteiger partial charge in [0.2, 0.25) is 5.91 Å². The largest absolute Gasteiger partial charge is 0.340 e. The molecule has 2 amide bonds. The third-order valence-electron chi connectivity index (χ3n) is 4.69. The highest BCUT2D eigenvalue weighted by atomic mass is 32.1. The Hall–Kier alpha value is -2.99. The number of nitrogens with one attached hydrogen (secondary N) is 2. The minimum atomic E-state index is -0.636. The number of hydrogen-bond donors (Lipinski definition) is 2. The summed E-state index contributed by atoms with van der Waals surface area (Å²) in [5, 5.41) is 8.81. The minimum Gasteiger partial charge on any atom is -0.340 e. The van der Waals surface area contributed by atoms with Gasteiger partial charge in [-0.3, -0.25) is 9.59 Å². The van der Waals surface area contributed by atoms with Crippen molar-refractivity contribution in [1.82, 2.24) is 10.3 Å². The Morgan fingerprint density at radius 3 is 2.28 bits per heavy atom. The Bertz CT molecular complexity index is 1010. The van der Waals surface area contributed by atoms with E-state index in [2.05, 4.69) is 15.6 Å². The fourth-order valence-electron chi connectivity index (χ4n) is 3.02. The first-order chi connectivity index (χ1) is 13.8. The quantitative estimate of drug-likeness (QED) is 0.615. The van der Waals surface area contributed by atoms with Gasteiger partial charge in [0.05, 0.1) is 10.7 Å². The Morgan fingerprint density at radius 1 is 1.00 bits per heavy atom. The lowest BCUT2D eigenvalue weighted by atomic mass is 10.0. The molecule has 1 aromatic heterocycles. The molecule has 3 aromatic rings. The number of carbonyl (C=O) groups excluding carboxylic acids is 2. The molecule has 0 fully saturated rings. The number of rotatable bonds is 6. The second-order valence-electron chi connectivity index (χ2n) is 7.33. The maximum absolute atomic E-state index is 12.8. The van der Waals surface area contributed by atoms with E-state index in [0.717, 1.165) is 21.8 Å². The van der Waals surface area contributed by atoms with Gasteiger partial charge < -0.3 is 10.6 Å². The van der Waals surface area contributed by atoms with E-state index < -0.39 is 6.04 Å². The van der Waals surface area contributed by atoms with Crippen molar-refractivity contribution >= 4 is 28.8 Å². The normalized spacial score (nSPS) is 11.9. The fraction of sp³-hybridized carbons (Fsp3) is 0.261. The van der Waals surface area contributed by atoms with Crippen LogP contribution in [0.15, 0.2) is 53.9 Å². The summed E-state index contributed by atoms with van der Waals surface area (Å²) < 4.78 is 0. The molecule has 0 spiro atoms. The van der Waals surface area contributed by atoms with Crippen LogP contribution in [0.4, 0.5) is 5.69 Å². The van der Waals surface area contributed by atoms with Crippen molar-refractivity contribution in [2.45, 2.75) is 33.7 Å². The number of benzene rings is 2. The van der Waals surface area contributed by atoms with E-state index in [9.17, 15) is 9.59 Å². The SMILES string of the molecule is Cc1nc(-c2ccc(NC(=O)[C@@H](NC(=O)c3ccccc3C)C(C)C)cc2)cs1. The summed E-state index contributed by atoms with van der Waals surface area (Å²) in [6.07, 6.45) is 0. The summed E-state index contributed by atoms with van der Waals surface area (Å²) in [7, 11) is 0. The highest BCUT2D eigenvalue weighted by Crippen LogP contribution is 2.23. The van der Waals surface area contributed by atoms with E-state index in [0.29, 0.717) is 11.3 Å². The molecule has 0 radical (unpaired) electrons. The van der Waals surface area contributed by atoms with Gasteiger partial charge >= 0.3 is 0 Å². The van der Waals surface area contributed by atoms with Crippen molar-refractivity contribution < 1.29 is 9.59 Å². The molecule has 3 rings (SSSR count). The van der Waals surface area contributed by atoms with Gasteiger partial charge in [-0.2, -0.15) is 0 Å². The highest BCUT2D eigenvalue weighted by Gasteiger charge is 2.25. The standard InChI is InChI=1S/C23H25N3O2S/c1-14(2)21(26-22(27)19-8-6-5-7-15(19)3)23(28)25-18-11-9-17(10-12-18)20-13-29-16(4)24-20/h5-14,21H,1-4H3,(H,25,28)(H,26,27)/t21-/m0/s1. The highest BCUT2D eigenvalue weighted by molar-refractivity contribution is 7.09. The van der Waals surface area contributed by atoms with E-state index >= 15 is 0 Å². The molecule has 2 N–H and O–H groups in total. The number of thiazole rings is 1. The lowest BCUT2D eigenvalue weighted by Crippen LogP contribution is -2.47. The summed E-state index contributed by atoms with van der Waals surface area (Å²) >= 11 is 1.60. The molecular weight excluding hydrogens is 382 g/mol. The van der Waals surface area contributed by atoms with Gasteiger partial charge in [0.25, 0.3) is 5.91 Å². The molecule has 0 saturated carbocycles. The van der Waals surface area contributed by atoms with Crippen molar-refractivity contribution in [3.05, 3.63) is 70.0 Å². The van der Waals surface area contributed by atoms with Gasteiger partial charge in [-0.15, -0.1) is 11.3 Å². The molecule has 0 saturated heterocycles. The van der Waals surface area contributed by atoms with Gasteiger partial charge in [0.1, 0.15) is 6.04 Å². The summed E-state index contributed by atoms with van der Waals surface area (Å²) in [6.45, 7) is 7.68. The van der Waals surface area contributed by atoms with Crippen LogP contribution in [-0.2, 0) is 4.79 Å². The number of aryl methyl sites for hydroxylation is 2. The average Bonchev–Trinajstić information content (AvgIpc) is 3.13. The third-order valence-corrected chi connectivity index (χ3v) is 5.47. The smallest absolute Gasteiger partial charge is 0.252 e. The Balaban J connectivity index is 1.69. The van der Waals surface area contributed by atoms with Crippen LogP contribution >= 0.6 is 11.3 Å². The van der Waals surface area contributed by atoms with E-state index in [-0.39, 0.29) is 17.7 Å². The zero-order valence-corrected chi connectivity index (χ0v) is 17.8. The van der Waals surface area contributed by atoms with Crippen LogP contribution in [0.2, 0.25) is 0 Å². The van der Waals surface area contributed by atoms with E-state index in [1.807, 2.05) is 75.5 Å². The Labute approximate surface area is 175 Å². The fourth-order valence-corrected chi connectivity index (χ4v) is 3.64. The average molecular weight is 408 g/mol. The third kappa shape index (κ3) is 5.09. The summed E-state index contributed by atoms with van der Waals surface area (Å²) in [6, 6.07) is 14.3. The van der Waals surface area contributed by atoms with Crippen LogP contribution in [-0.4, -0.2) is 22.8 Å². The first-order valence-electron chi connectivity index (χ1n) is 9.55. The van der Waals surface area contributed by atoms with Crippen molar-refractivity contribution in [2.24, 2.45) is 5.92 Å². The number of anilines is 1. The first-order valence-corrected chi connectivity index (χ1v) is 10.4. The minimum absolute atomic E-state index is 0.0553. The maximum Gasteiger partial charge on any atom is 0.252 e. The maximum atomic E-state index is 12.8. The molecule has 0 aliphatic rings. The van der Waals surface area contributed by atoms with Crippen LogP contribution in [0.3, 0.4) is 0 Å². The first kappa shape index (κ1) is 20.7. The topological polar surface area (TPSA) is 71.1 Å². The predicted octanol–water partition coefficient (Wildman–Crippen LogP) is 4.82. The summed E-state index contributed by atoms with van der Waals surface area (Å²) in [4.78, 5) is 29.9. The van der Waals surface area contributed by atoms with Gasteiger partial charge in [-0.1, -0.05) is 44.2 Å². The molecule has 29 heavy (non-hydrogen) atoms. The molecule has 0 aliphatic carbocycles. The van der Waals surface area contributed by atoms with Crippen LogP contribution in [0, 0.1) is 19.8 Å². The van der Waals surface area contributed by atoms with E-state index in [4.69, 9.17) is 0 Å². The predicted molar refractivity (Wildman–Crippen MR) is 118 cm³/mol. The van der Waals surface area contributed by atoms with Crippen molar-refractivity contribution in [3.63, 3.8) is 0 Å². The molecular formula is C23H25N3O2S. The number of hydrogen-bond acceptors (Lipinski definition) is 4. The summed E-state index contributed by atoms with van der Waals surface area (Å²) in [5.74, 6) is -0.536. The number of carbonyl (C=O) groups is 2. The molecule has 0 bridgehead atoms. The van der Waals surface area contributed by atoms with Crippen LogP contribution < -0.4 is 10.6 Å². The molecule has 1 heterocycles. The molecule has 2 aromatic carbocycles. The van der Waals surface area contributed by atoms with Crippen LogP contribution in [0.5, 0.6) is 0 Å². The number of nitrogens with zero attached hydrogens (tertiary/aromatic N) is 1. The van der Waals surface area contributed by atoms with Crippen molar-refractivity contribution in [2.75, 3.05) is 5.32 Å². The molecule has 150 valence electrons. The van der Waals surface area contributed by atoms with Crippen molar-refractivity contribution in [1.29, 1.82) is 0 Å². The molecule has 0 unspecified atom stereocenters. The van der Waals surface area contributed by atoms with Gasteiger partial charge in [-0.25, -0.2) is 4.98 Å². The zero-order valence-electron chi connectivity index (χ0n) is 17.0. The van der Waals surface area contributed by atoms with Gasteiger partial charge in [-0.05, 0) is 43.5 Å². The second-order valence-corrected chi connectivity index (χ2v) is 8.39. The van der Waals surface area contributed by atoms with Crippen LogP contribution in [0.1, 0.15) is 34.8 Å². The van der Waals surface area contributed by atoms with E-state index in [1.54, 1.807) is 17.4 Å². The number of amides is 2. The molecule has 5 nitrogen and oxygen atoms in total. The van der Waals surface area contributed by atoms with Crippen molar-refractivity contribution in [3.8, 4) is 11.3 Å². The Morgan fingerprint density at radius 2 is 1.69 bits per heavy atom. The lowest BCUT2D eigenvalue weighted by Gasteiger charge is -2.22. The second kappa shape index (κ2) is 9.01. The molecule has 1 atom stereocenters. The monoisotopic (exact) mass is 407 g/mol. The molecule has 0 aliphatic heterocycles. The van der Waals surface area contributed by atoms with Gasteiger partial charge in [0, 0.05) is 22.2 Å². The summed E-state index contributed by atoms with van der Waals surface area (Å²) in [5.41, 5.74) is 4.06. The lowest BCUT2D eigenvalue weighted by molar-refractivity contribution is -0.118. The molecule has 6 heteroatoms. The van der Waals surface area contributed by atoms with Crippen LogP contribution in [0.25, 0.3) is 11.3 Å².